The summed E-state index contributed by atoms with van der Waals surface area (Å²) in [6.07, 6.45) is 0. The first-order chi connectivity index (χ1) is 11.5. The van der Waals surface area contributed by atoms with Crippen LogP contribution in [0.15, 0.2) is 62.9 Å². The molecule has 0 atom stereocenters. The summed E-state index contributed by atoms with van der Waals surface area (Å²) >= 11 is 0. The Balaban J connectivity index is 1.95. The fourth-order valence-electron chi connectivity index (χ4n) is 2.08. The van der Waals surface area contributed by atoms with E-state index in [2.05, 4.69) is 4.98 Å². The van der Waals surface area contributed by atoms with E-state index >= 15 is 0 Å². The predicted octanol–water partition coefficient (Wildman–Crippen LogP) is 1.16. The van der Waals surface area contributed by atoms with E-state index in [1.54, 1.807) is 12.1 Å². The van der Waals surface area contributed by atoms with Crippen molar-refractivity contribution >= 4 is 0 Å². The largest absolute Gasteiger partial charge is 0.457 e. The van der Waals surface area contributed by atoms with E-state index in [4.69, 9.17) is 4.74 Å². The summed E-state index contributed by atoms with van der Waals surface area (Å²) in [6, 6.07) is 11.6. The maximum atomic E-state index is 12.9. The number of aromatic nitrogens is 3. The highest BCUT2D eigenvalue weighted by Gasteiger charge is 2.09. The van der Waals surface area contributed by atoms with Crippen LogP contribution in [0.1, 0.15) is 0 Å². The molecule has 3 aromatic rings. The number of aromatic amines is 1. The number of ether oxygens (including phenoxy) is 1. The predicted molar refractivity (Wildman–Crippen MR) is 84.4 cm³/mol. The van der Waals surface area contributed by atoms with E-state index in [1.165, 1.54) is 43.4 Å². The van der Waals surface area contributed by atoms with Crippen molar-refractivity contribution in [3.05, 3.63) is 85.8 Å². The maximum absolute atomic E-state index is 12.9. The van der Waals surface area contributed by atoms with Gasteiger partial charge in [0.25, 0.3) is 0 Å². The first kappa shape index (κ1) is 15.5. The molecule has 0 spiro atoms. The second kappa shape index (κ2) is 5.99. The smallest absolute Gasteiger partial charge is 0.340 e. The van der Waals surface area contributed by atoms with Gasteiger partial charge in [-0.15, -0.1) is 0 Å². The molecule has 3 rings (SSSR count). The van der Waals surface area contributed by atoms with Gasteiger partial charge in [-0.1, -0.05) is 0 Å². The van der Waals surface area contributed by atoms with Gasteiger partial charge in [-0.25, -0.2) is 27.9 Å². The molecule has 24 heavy (non-hydrogen) atoms. The van der Waals surface area contributed by atoms with Gasteiger partial charge in [-0.05, 0) is 48.5 Å². The first-order valence-corrected chi connectivity index (χ1v) is 6.92. The summed E-state index contributed by atoms with van der Waals surface area (Å²) in [5.41, 5.74) is -2.08. The number of hydrogen-bond acceptors (Lipinski definition) is 4. The van der Waals surface area contributed by atoms with Crippen molar-refractivity contribution in [1.82, 2.24) is 14.1 Å². The number of rotatable bonds is 3. The Kier molecular flexibility index (Phi) is 3.87. The van der Waals surface area contributed by atoms with Crippen molar-refractivity contribution in [1.29, 1.82) is 0 Å². The van der Waals surface area contributed by atoms with Crippen molar-refractivity contribution in [2.45, 2.75) is 0 Å². The van der Waals surface area contributed by atoms with Crippen molar-refractivity contribution in [2.24, 2.45) is 7.05 Å². The molecule has 1 N–H and O–H groups in total. The Morgan fingerprint density at radius 1 is 0.875 bits per heavy atom. The van der Waals surface area contributed by atoms with Crippen LogP contribution in [0.3, 0.4) is 0 Å². The number of benzene rings is 2. The topological polar surface area (TPSA) is 86.1 Å². The minimum absolute atomic E-state index is 0.281. The van der Waals surface area contributed by atoms with E-state index in [9.17, 15) is 18.8 Å². The highest BCUT2D eigenvalue weighted by molar-refractivity contribution is 5.39. The summed E-state index contributed by atoms with van der Waals surface area (Å²) in [7, 11) is 1.27. The molecular weight excluding hydrogens is 317 g/mol. The van der Waals surface area contributed by atoms with Crippen molar-refractivity contribution in [3.8, 4) is 17.2 Å². The molecule has 0 unspecified atom stereocenters. The van der Waals surface area contributed by atoms with Gasteiger partial charge in [0.05, 0.1) is 5.69 Å². The molecule has 0 bridgehead atoms. The van der Waals surface area contributed by atoms with Crippen LogP contribution in [-0.4, -0.2) is 14.1 Å². The summed E-state index contributed by atoms with van der Waals surface area (Å²) in [5.74, 6) is 0.520. The molecule has 0 radical (unpaired) electrons. The molecule has 0 aliphatic carbocycles. The van der Waals surface area contributed by atoms with Gasteiger partial charge in [-0.2, -0.15) is 0 Å². The standard InChI is InChI=1S/C16H12FN3O4/c1-19-14(21)18-15(22)20(16(19)23)11-4-8-13(9-5-11)24-12-6-2-10(17)3-7-12/h2-9H,1H3,(H,18,21,22). The van der Waals surface area contributed by atoms with Crippen LogP contribution in [-0.2, 0) is 7.05 Å². The average Bonchev–Trinajstić information content (AvgIpc) is 2.56. The highest BCUT2D eigenvalue weighted by atomic mass is 19.1. The molecule has 0 amide bonds. The Hall–Kier alpha value is -3.42. The molecule has 0 aliphatic rings. The third-order valence-corrected chi connectivity index (χ3v) is 3.34. The number of H-pyrrole nitrogens is 1. The van der Waals surface area contributed by atoms with E-state index in [0.717, 1.165) is 9.13 Å². The minimum Gasteiger partial charge on any atom is -0.457 e. The van der Waals surface area contributed by atoms with Crippen LogP contribution in [0, 0.1) is 5.82 Å². The molecule has 1 aromatic heterocycles. The molecule has 2 aromatic carbocycles. The molecule has 122 valence electrons. The summed E-state index contributed by atoms with van der Waals surface area (Å²) in [4.78, 5) is 37.3. The Bertz CT molecular complexity index is 1050. The second-order valence-corrected chi connectivity index (χ2v) is 4.96. The van der Waals surface area contributed by atoms with Crippen LogP contribution in [0.2, 0.25) is 0 Å². The van der Waals surface area contributed by atoms with Gasteiger partial charge in [-0.3, -0.25) is 4.98 Å². The second-order valence-electron chi connectivity index (χ2n) is 4.96. The molecule has 7 nitrogen and oxygen atoms in total. The van der Waals surface area contributed by atoms with Crippen molar-refractivity contribution < 1.29 is 9.13 Å². The molecule has 0 fully saturated rings. The van der Waals surface area contributed by atoms with Crippen LogP contribution >= 0.6 is 0 Å². The zero-order chi connectivity index (χ0) is 17.3. The van der Waals surface area contributed by atoms with Crippen LogP contribution < -0.4 is 21.8 Å². The Labute approximate surface area is 134 Å². The van der Waals surface area contributed by atoms with Crippen molar-refractivity contribution in [2.75, 3.05) is 0 Å². The van der Waals surface area contributed by atoms with Gasteiger partial charge in [0.15, 0.2) is 0 Å². The minimum atomic E-state index is -0.824. The lowest BCUT2D eigenvalue weighted by Gasteiger charge is -2.08. The Morgan fingerprint density at radius 2 is 1.42 bits per heavy atom. The van der Waals surface area contributed by atoms with E-state index in [-0.39, 0.29) is 11.5 Å². The molecule has 0 saturated heterocycles. The SMILES string of the molecule is Cn1c(=O)[nH]c(=O)n(-c2ccc(Oc3ccc(F)cc3)cc2)c1=O. The maximum Gasteiger partial charge on any atom is 0.340 e. The Morgan fingerprint density at radius 3 is 2.00 bits per heavy atom. The third kappa shape index (κ3) is 2.89. The lowest BCUT2D eigenvalue weighted by Crippen LogP contribution is -2.47. The molecule has 0 aliphatic heterocycles. The molecular formula is C16H12FN3O4. The normalized spacial score (nSPS) is 10.6. The van der Waals surface area contributed by atoms with Gasteiger partial charge in [0.2, 0.25) is 0 Å². The lowest BCUT2D eigenvalue weighted by molar-refractivity contribution is 0.480. The van der Waals surface area contributed by atoms with Crippen molar-refractivity contribution in [3.63, 3.8) is 0 Å². The zero-order valence-electron chi connectivity index (χ0n) is 12.5. The van der Waals surface area contributed by atoms with E-state index < -0.39 is 17.1 Å². The van der Waals surface area contributed by atoms with Gasteiger partial charge >= 0.3 is 17.1 Å². The van der Waals surface area contributed by atoms with E-state index in [1.807, 2.05) is 0 Å². The monoisotopic (exact) mass is 329 g/mol. The van der Waals surface area contributed by atoms with Gasteiger partial charge < -0.3 is 4.74 Å². The van der Waals surface area contributed by atoms with E-state index in [0.29, 0.717) is 11.5 Å². The van der Waals surface area contributed by atoms with Crippen LogP contribution in [0.5, 0.6) is 11.5 Å². The van der Waals surface area contributed by atoms with Gasteiger partial charge in [0.1, 0.15) is 17.3 Å². The average molecular weight is 329 g/mol. The number of nitrogens with one attached hydrogen (secondary N) is 1. The third-order valence-electron chi connectivity index (χ3n) is 3.34. The zero-order valence-corrected chi connectivity index (χ0v) is 12.5. The molecule has 0 saturated carbocycles. The fourth-order valence-corrected chi connectivity index (χ4v) is 2.08. The number of nitrogens with zero attached hydrogens (tertiary/aromatic N) is 2. The molecule has 8 heteroatoms. The van der Waals surface area contributed by atoms with Gasteiger partial charge in [0, 0.05) is 7.05 Å². The molecule has 1 heterocycles. The summed E-state index contributed by atoms with van der Waals surface area (Å²) in [6.45, 7) is 0. The quantitative estimate of drug-likeness (QED) is 0.781. The highest BCUT2D eigenvalue weighted by Crippen LogP contribution is 2.22. The number of halogens is 1. The summed E-state index contributed by atoms with van der Waals surface area (Å²) < 4.78 is 20.0. The lowest BCUT2D eigenvalue weighted by atomic mass is 10.3. The summed E-state index contributed by atoms with van der Waals surface area (Å²) in [5, 5.41) is 0. The fraction of sp³-hybridized carbons (Fsp3) is 0.0625. The first-order valence-electron chi connectivity index (χ1n) is 6.92. The van der Waals surface area contributed by atoms with Crippen LogP contribution in [0.4, 0.5) is 4.39 Å². The van der Waals surface area contributed by atoms with Crippen LogP contribution in [0.25, 0.3) is 5.69 Å². The number of hydrogen-bond donors (Lipinski definition) is 1.